The predicted octanol–water partition coefficient (Wildman–Crippen LogP) is 3.65. The summed E-state index contributed by atoms with van der Waals surface area (Å²) in [5.74, 6) is -0.505. The number of alkyl halides is 3. The Morgan fingerprint density at radius 3 is 2.59 bits per heavy atom. The lowest BCUT2D eigenvalue weighted by molar-refractivity contribution is -0.174. The van der Waals surface area contributed by atoms with Crippen molar-refractivity contribution in [3.05, 3.63) is 47.4 Å². The van der Waals surface area contributed by atoms with Crippen molar-refractivity contribution in [1.29, 1.82) is 0 Å². The van der Waals surface area contributed by atoms with Crippen molar-refractivity contribution in [1.82, 2.24) is 15.1 Å². The number of rotatable bonds is 4. The number of nitrogens with one attached hydrogen (secondary N) is 2. The van der Waals surface area contributed by atoms with Crippen LogP contribution in [0.1, 0.15) is 41.4 Å². The Kier molecular flexibility index (Phi) is 4.32. The van der Waals surface area contributed by atoms with E-state index in [1.165, 1.54) is 30.3 Å². The lowest BCUT2D eigenvalue weighted by atomic mass is 10.0. The first kappa shape index (κ1) is 17.8. The molecule has 1 aliphatic heterocycles. The molecule has 4 rings (SSSR count). The normalized spacial score (nSPS) is 22.1. The van der Waals surface area contributed by atoms with Crippen LogP contribution in [0.4, 0.5) is 23.4 Å². The molecule has 2 heterocycles. The molecule has 1 aromatic carbocycles. The third-order valence-corrected chi connectivity index (χ3v) is 5.01. The quantitative estimate of drug-likeness (QED) is 0.794. The summed E-state index contributed by atoms with van der Waals surface area (Å²) in [7, 11) is 0. The van der Waals surface area contributed by atoms with Crippen LogP contribution in [0.5, 0.6) is 0 Å². The summed E-state index contributed by atoms with van der Waals surface area (Å²) in [6, 6.07) is 4.95. The van der Waals surface area contributed by atoms with E-state index in [-0.39, 0.29) is 42.3 Å². The number of carbonyl (C=O) groups excluding carboxylic acids is 1. The van der Waals surface area contributed by atoms with Gasteiger partial charge in [0.2, 0.25) is 0 Å². The van der Waals surface area contributed by atoms with Gasteiger partial charge in [0.15, 0.2) is 11.7 Å². The van der Waals surface area contributed by atoms with E-state index < -0.39 is 18.1 Å². The number of halogens is 4. The maximum absolute atomic E-state index is 13.5. The Labute approximate surface area is 152 Å². The Balaban J connectivity index is 1.51. The predicted molar refractivity (Wildman–Crippen MR) is 89.6 cm³/mol. The highest BCUT2D eigenvalue weighted by molar-refractivity contribution is 5.93. The van der Waals surface area contributed by atoms with Gasteiger partial charge in [-0.05, 0) is 42.9 Å². The van der Waals surface area contributed by atoms with Crippen LogP contribution in [0, 0.1) is 11.7 Å². The number of carbonyl (C=O) groups is 1. The largest absolute Gasteiger partial charge is 0.410 e. The van der Waals surface area contributed by atoms with Crippen molar-refractivity contribution in [2.45, 2.75) is 44.1 Å². The van der Waals surface area contributed by atoms with Gasteiger partial charge in [-0.2, -0.15) is 18.3 Å². The monoisotopic (exact) mass is 382 g/mol. The summed E-state index contributed by atoms with van der Waals surface area (Å²) in [5.41, 5.74) is 0.596. The number of hydrogen-bond donors (Lipinski definition) is 2. The van der Waals surface area contributed by atoms with Crippen LogP contribution >= 0.6 is 0 Å². The molecule has 1 fully saturated rings. The number of aromatic nitrogens is 2. The number of anilines is 1. The molecule has 0 radical (unpaired) electrons. The van der Waals surface area contributed by atoms with Crippen molar-refractivity contribution in [2.75, 3.05) is 5.32 Å². The molecule has 0 saturated heterocycles. The molecule has 0 spiro atoms. The second kappa shape index (κ2) is 6.54. The second-order valence-corrected chi connectivity index (χ2v) is 7.05. The van der Waals surface area contributed by atoms with E-state index >= 15 is 0 Å². The zero-order valence-electron chi connectivity index (χ0n) is 14.3. The highest BCUT2D eigenvalue weighted by Gasteiger charge is 2.49. The lowest BCUT2D eigenvalue weighted by Gasteiger charge is -2.33. The third kappa shape index (κ3) is 3.77. The number of hydrogen-bond acceptors (Lipinski definition) is 3. The van der Waals surface area contributed by atoms with Crippen LogP contribution in [-0.2, 0) is 6.54 Å². The molecule has 27 heavy (non-hydrogen) atoms. The van der Waals surface area contributed by atoms with E-state index in [9.17, 15) is 22.4 Å². The molecule has 2 N–H and O–H groups in total. The van der Waals surface area contributed by atoms with Gasteiger partial charge in [0.1, 0.15) is 11.6 Å². The van der Waals surface area contributed by atoms with Crippen LogP contribution in [0.3, 0.4) is 0 Å². The number of nitrogens with zero attached hydrogens (tertiary/aromatic N) is 2. The van der Waals surface area contributed by atoms with E-state index in [0.29, 0.717) is 5.56 Å². The minimum atomic E-state index is -4.43. The molecule has 9 heteroatoms. The Morgan fingerprint density at radius 2 is 1.96 bits per heavy atom. The number of fused-ring (bicyclic) bond motifs is 1. The smallest absolute Gasteiger partial charge is 0.367 e. The lowest BCUT2D eigenvalue weighted by Crippen LogP contribution is -2.40. The Morgan fingerprint density at radius 1 is 1.26 bits per heavy atom. The molecule has 144 valence electrons. The average Bonchev–Trinajstić information content (AvgIpc) is 3.38. The molecule has 2 atom stereocenters. The topological polar surface area (TPSA) is 59.0 Å². The van der Waals surface area contributed by atoms with Crippen molar-refractivity contribution >= 4 is 11.7 Å². The van der Waals surface area contributed by atoms with Crippen LogP contribution in [0.25, 0.3) is 0 Å². The highest BCUT2D eigenvalue weighted by atomic mass is 19.4. The first-order valence-corrected chi connectivity index (χ1v) is 8.76. The first-order valence-electron chi connectivity index (χ1n) is 8.76. The van der Waals surface area contributed by atoms with Crippen LogP contribution in [0.2, 0.25) is 0 Å². The highest BCUT2D eigenvalue weighted by Crippen LogP contribution is 2.45. The van der Waals surface area contributed by atoms with Gasteiger partial charge < -0.3 is 10.6 Å². The zero-order chi connectivity index (χ0) is 19.2. The van der Waals surface area contributed by atoms with Crippen molar-refractivity contribution in [3.8, 4) is 0 Å². The molecule has 1 amide bonds. The van der Waals surface area contributed by atoms with E-state index in [0.717, 1.165) is 17.5 Å². The van der Waals surface area contributed by atoms with Crippen molar-refractivity contribution < 1.29 is 22.4 Å². The molecular formula is C18H18F4N4O. The standard InChI is InChI=1S/C18H18F4N4O/c19-12-5-1-10(2-6-12)9-23-17(27)14-8-16-24-13(11-3-4-11)7-15(18(20,21)22)26(16)25-14/h1-2,5-6,8,11,13,15,24H,3-4,7,9H2,(H,23,27). The van der Waals surface area contributed by atoms with E-state index in [4.69, 9.17) is 0 Å². The molecule has 2 aromatic rings. The summed E-state index contributed by atoms with van der Waals surface area (Å²) in [4.78, 5) is 12.3. The zero-order valence-corrected chi connectivity index (χ0v) is 14.3. The molecule has 2 aliphatic rings. The summed E-state index contributed by atoms with van der Waals surface area (Å²) < 4.78 is 54.2. The maximum atomic E-state index is 13.5. The minimum absolute atomic E-state index is 0.0784. The number of benzene rings is 1. The summed E-state index contributed by atoms with van der Waals surface area (Å²) in [5, 5.41) is 9.59. The molecule has 0 bridgehead atoms. The van der Waals surface area contributed by atoms with Gasteiger partial charge in [-0.3, -0.25) is 4.79 Å². The first-order chi connectivity index (χ1) is 12.8. The Hall–Kier alpha value is -2.58. The fourth-order valence-electron chi connectivity index (χ4n) is 3.40. The fourth-order valence-corrected chi connectivity index (χ4v) is 3.40. The molecular weight excluding hydrogens is 364 g/mol. The van der Waals surface area contributed by atoms with Gasteiger partial charge >= 0.3 is 6.18 Å². The van der Waals surface area contributed by atoms with Crippen molar-refractivity contribution in [3.63, 3.8) is 0 Å². The summed E-state index contributed by atoms with van der Waals surface area (Å²) >= 11 is 0. The molecule has 1 saturated carbocycles. The van der Waals surface area contributed by atoms with Crippen molar-refractivity contribution in [2.24, 2.45) is 5.92 Å². The second-order valence-electron chi connectivity index (χ2n) is 7.05. The van der Waals surface area contributed by atoms with Gasteiger partial charge in [-0.25, -0.2) is 9.07 Å². The molecule has 5 nitrogen and oxygen atoms in total. The molecule has 2 unspecified atom stereocenters. The Bertz CT molecular complexity index is 842. The SMILES string of the molecule is O=C(NCc1ccc(F)cc1)c1cc2n(n1)C(C(F)(F)F)CC(C1CC1)N2. The fraction of sp³-hybridized carbons (Fsp3) is 0.444. The summed E-state index contributed by atoms with van der Waals surface area (Å²) in [6.07, 6.45) is -2.68. The van der Waals surface area contributed by atoms with E-state index in [2.05, 4.69) is 15.7 Å². The van der Waals surface area contributed by atoms with E-state index in [1.807, 2.05) is 0 Å². The van der Waals surface area contributed by atoms with Gasteiger partial charge in [-0.1, -0.05) is 12.1 Å². The van der Waals surface area contributed by atoms with E-state index in [1.54, 1.807) is 0 Å². The number of amides is 1. The molecule has 1 aromatic heterocycles. The van der Waals surface area contributed by atoms with Gasteiger partial charge in [0, 0.05) is 18.7 Å². The van der Waals surface area contributed by atoms with Crippen LogP contribution < -0.4 is 10.6 Å². The third-order valence-electron chi connectivity index (χ3n) is 5.01. The molecule has 1 aliphatic carbocycles. The summed E-state index contributed by atoms with van der Waals surface area (Å²) in [6.45, 7) is 0.127. The maximum Gasteiger partial charge on any atom is 0.410 e. The van der Waals surface area contributed by atoms with Crippen LogP contribution in [-0.4, -0.2) is 27.9 Å². The van der Waals surface area contributed by atoms with Gasteiger partial charge in [0.25, 0.3) is 5.91 Å². The van der Waals surface area contributed by atoms with Gasteiger partial charge in [0.05, 0.1) is 0 Å². The minimum Gasteiger partial charge on any atom is -0.367 e. The van der Waals surface area contributed by atoms with Gasteiger partial charge in [-0.15, -0.1) is 0 Å². The average molecular weight is 382 g/mol. The van der Waals surface area contributed by atoms with Crippen LogP contribution in [0.15, 0.2) is 30.3 Å².